The molecule has 12 heteroatoms. The maximum absolute atomic E-state index is 13.0. The van der Waals surface area contributed by atoms with Crippen molar-refractivity contribution in [3.8, 4) is 11.3 Å². The molecule has 218 valence electrons. The smallest absolute Gasteiger partial charge is 0.274 e. The Balaban J connectivity index is 1.12. The van der Waals surface area contributed by atoms with Gasteiger partial charge in [0.1, 0.15) is 23.5 Å². The van der Waals surface area contributed by atoms with Gasteiger partial charge in [-0.05, 0) is 60.8 Å². The number of likely N-dealkylation sites (tertiary alicyclic amines) is 1. The fraction of sp³-hybridized carbons (Fsp3) is 0.333. The summed E-state index contributed by atoms with van der Waals surface area (Å²) in [6.45, 7) is 8.19. The van der Waals surface area contributed by atoms with Crippen LogP contribution in [0, 0.1) is 0 Å². The van der Waals surface area contributed by atoms with Gasteiger partial charge in [-0.3, -0.25) is 14.7 Å². The number of amides is 1. The van der Waals surface area contributed by atoms with Crippen LogP contribution < -0.4 is 10.2 Å². The van der Waals surface area contributed by atoms with Crippen molar-refractivity contribution in [2.24, 2.45) is 0 Å². The number of aromatic amines is 1. The van der Waals surface area contributed by atoms with Crippen LogP contribution in [0.25, 0.3) is 22.3 Å². The molecule has 0 aliphatic carbocycles. The number of rotatable bonds is 8. The van der Waals surface area contributed by atoms with E-state index in [0.29, 0.717) is 44.1 Å². The van der Waals surface area contributed by atoms with E-state index in [0.717, 1.165) is 65.1 Å². The first kappa shape index (κ1) is 28.0. The fourth-order valence-electron chi connectivity index (χ4n) is 5.55. The average molecular weight is 588 g/mol. The summed E-state index contributed by atoms with van der Waals surface area (Å²) in [4.78, 5) is 33.9. The molecule has 42 heavy (non-hydrogen) atoms. The Morgan fingerprint density at radius 3 is 2.69 bits per heavy atom. The number of piperidine rings is 1. The molecule has 2 fully saturated rings. The molecule has 0 bridgehead atoms. The van der Waals surface area contributed by atoms with Gasteiger partial charge in [0.25, 0.3) is 5.91 Å². The van der Waals surface area contributed by atoms with E-state index >= 15 is 0 Å². The molecule has 2 N–H and O–H groups in total. The average Bonchev–Trinajstić information content (AvgIpc) is 3.47. The van der Waals surface area contributed by atoms with Gasteiger partial charge in [-0.15, -0.1) is 0 Å². The molecule has 0 saturated carbocycles. The lowest BCUT2D eigenvalue weighted by atomic mass is 10.1. The highest BCUT2D eigenvalue weighted by Gasteiger charge is 2.28. The molecule has 6 rings (SSSR count). The number of ether oxygens (including phenoxy) is 1. The van der Waals surface area contributed by atoms with Crippen molar-refractivity contribution >= 4 is 38.3 Å². The Morgan fingerprint density at radius 2 is 1.90 bits per heavy atom. The minimum Gasteiger partial charge on any atom is -0.378 e. The molecular formula is C30H33N7O4S. The first-order valence-corrected chi connectivity index (χ1v) is 15.6. The Bertz CT molecular complexity index is 1700. The van der Waals surface area contributed by atoms with Crippen molar-refractivity contribution in [3.63, 3.8) is 0 Å². The van der Waals surface area contributed by atoms with Crippen molar-refractivity contribution in [1.82, 2.24) is 24.8 Å². The van der Waals surface area contributed by atoms with E-state index < -0.39 is 15.1 Å². The van der Waals surface area contributed by atoms with E-state index in [9.17, 15) is 13.2 Å². The number of carbonyl (C=O) groups excluding carboxylic acids is 1. The van der Waals surface area contributed by atoms with Gasteiger partial charge < -0.3 is 19.9 Å². The van der Waals surface area contributed by atoms with E-state index in [1.165, 1.54) is 0 Å². The molecule has 2 saturated heterocycles. The highest BCUT2D eigenvalue weighted by atomic mass is 32.2. The van der Waals surface area contributed by atoms with Crippen molar-refractivity contribution in [2.45, 2.75) is 24.6 Å². The van der Waals surface area contributed by atoms with Gasteiger partial charge in [0.05, 0.1) is 23.8 Å². The summed E-state index contributed by atoms with van der Waals surface area (Å²) in [5.41, 5.74) is 4.49. The van der Waals surface area contributed by atoms with E-state index in [4.69, 9.17) is 4.74 Å². The van der Waals surface area contributed by atoms with Gasteiger partial charge in [-0.25, -0.2) is 18.4 Å². The highest BCUT2D eigenvalue weighted by molar-refractivity contribution is 7.94. The van der Waals surface area contributed by atoms with Crippen molar-refractivity contribution < 1.29 is 17.9 Å². The maximum Gasteiger partial charge on any atom is 0.274 e. The van der Waals surface area contributed by atoms with Crippen LogP contribution >= 0.6 is 0 Å². The largest absolute Gasteiger partial charge is 0.378 e. The number of pyridine rings is 1. The predicted molar refractivity (Wildman–Crippen MR) is 162 cm³/mol. The van der Waals surface area contributed by atoms with Gasteiger partial charge in [0.15, 0.2) is 9.84 Å². The molecule has 5 heterocycles. The summed E-state index contributed by atoms with van der Waals surface area (Å²) in [6.07, 6.45) is 4.62. The number of nitrogens with one attached hydrogen (secondary N) is 2. The Kier molecular flexibility index (Phi) is 8.00. The summed E-state index contributed by atoms with van der Waals surface area (Å²) in [7, 11) is -3.31. The molecule has 0 spiro atoms. The highest BCUT2D eigenvalue weighted by Crippen LogP contribution is 2.30. The van der Waals surface area contributed by atoms with E-state index in [1.54, 1.807) is 18.6 Å². The van der Waals surface area contributed by atoms with Gasteiger partial charge in [0, 0.05) is 49.2 Å². The third kappa shape index (κ3) is 6.06. The second-order valence-electron chi connectivity index (χ2n) is 10.6. The summed E-state index contributed by atoms with van der Waals surface area (Å²) in [5, 5.41) is 4.49. The molecule has 2 aliphatic heterocycles. The SMILES string of the molecule is C=CS(=O)(=O)C1CCCN(Cc2ccnc(C(=O)Nc3ccc(-c4cc5c(N6CCOCC6)ncnc5[nH]4)cc3)c2)C1. The van der Waals surface area contributed by atoms with Crippen LogP contribution in [-0.4, -0.2) is 83.8 Å². The van der Waals surface area contributed by atoms with Crippen molar-refractivity contribution in [1.29, 1.82) is 0 Å². The van der Waals surface area contributed by atoms with Crippen LogP contribution in [0.2, 0.25) is 0 Å². The minimum atomic E-state index is -3.31. The normalized spacial score (nSPS) is 18.2. The van der Waals surface area contributed by atoms with Crippen LogP contribution in [0.15, 0.2) is 67.0 Å². The summed E-state index contributed by atoms with van der Waals surface area (Å²) >= 11 is 0. The lowest BCUT2D eigenvalue weighted by Gasteiger charge is -2.31. The van der Waals surface area contributed by atoms with Crippen molar-refractivity contribution in [2.75, 3.05) is 49.6 Å². The van der Waals surface area contributed by atoms with Gasteiger partial charge in [-0.2, -0.15) is 0 Å². The minimum absolute atomic E-state index is 0.300. The van der Waals surface area contributed by atoms with Crippen LogP contribution in [0.1, 0.15) is 28.9 Å². The molecular weight excluding hydrogens is 554 g/mol. The number of fused-ring (bicyclic) bond motifs is 1. The number of carbonyl (C=O) groups is 1. The number of morpholine rings is 1. The van der Waals surface area contributed by atoms with Gasteiger partial charge >= 0.3 is 0 Å². The van der Waals surface area contributed by atoms with Crippen molar-refractivity contribution in [3.05, 3.63) is 78.2 Å². The number of aromatic nitrogens is 4. The molecule has 1 aromatic carbocycles. The van der Waals surface area contributed by atoms with Crippen LogP contribution in [-0.2, 0) is 21.1 Å². The Morgan fingerprint density at radius 1 is 1.10 bits per heavy atom. The molecule has 1 unspecified atom stereocenters. The van der Waals surface area contributed by atoms with Gasteiger partial charge in [0.2, 0.25) is 0 Å². The van der Waals surface area contributed by atoms with Crippen LogP contribution in [0.3, 0.4) is 0 Å². The van der Waals surface area contributed by atoms with Crippen LogP contribution in [0.4, 0.5) is 11.5 Å². The summed E-state index contributed by atoms with van der Waals surface area (Å²) in [5.74, 6) is 0.581. The predicted octanol–water partition coefficient (Wildman–Crippen LogP) is 3.63. The number of hydrogen-bond donors (Lipinski definition) is 2. The van der Waals surface area contributed by atoms with E-state index in [1.807, 2.05) is 30.3 Å². The third-order valence-electron chi connectivity index (χ3n) is 7.79. The number of anilines is 2. The van der Waals surface area contributed by atoms with Crippen LogP contribution in [0.5, 0.6) is 0 Å². The number of hydrogen-bond acceptors (Lipinski definition) is 9. The zero-order chi connectivity index (χ0) is 29.1. The number of benzene rings is 1. The molecule has 0 radical (unpaired) electrons. The molecule has 11 nitrogen and oxygen atoms in total. The topological polar surface area (TPSA) is 133 Å². The Hall–Kier alpha value is -4.13. The fourth-order valence-corrected chi connectivity index (χ4v) is 6.74. The maximum atomic E-state index is 13.0. The second kappa shape index (κ2) is 12.0. The number of nitrogens with zero attached hydrogens (tertiary/aromatic N) is 5. The lowest BCUT2D eigenvalue weighted by molar-refractivity contribution is 0.102. The zero-order valence-corrected chi connectivity index (χ0v) is 24.0. The number of sulfone groups is 1. The standard InChI is InChI=1S/C30H33N7O4S/c1-2-42(39,40)24-4-3-11-36(19-24)18-21-9-10-31-27(16-21)30(38)34-23-7-5-22(6-8-23)26-17-25-28(35-26)32-20-33-29(25)37-12-14-41-15-13-37/h2,5-10,16-17,20,24H,1,3-4,11-15,18-19H2,(H,34,38)(H,32,33,35). The van der Waals surface area contributed by atoms with E-state index in [-0.39, 0.29) is 5.91 Å². The lowest BCUT2D eigenvalue weighted by Crippen LogP contribution is -2.41. The monoisotopic (exact) mass is 587 g/mol. The first-order chi connectivity index (χ1) is 20.4. The van der Waals surface area contributed by atoms with E-state index in [2.05, 4.69) is 47.7 Å². The quantitative estimate of drug-likeness (QED) is 0.317. The molecule has 3 aromatic heterocycles. The summed E-state index contributed by atoms with van der Waals surface area (Å²) in [6, 6.07) is 13.3. The molecule has 1 amide bonds. The second-order valence-corrected chi connectivity index (χ2v) is 12.8. The Labute approximate surface area is 244 Å². The molecule has 4 aromatic rings. The molecule has 2 aliphatic rings. The zero-order valence-electron chi connectivity index (χ0n) is 23.2. The molecule has 1 atom stereocenters. The summed E-state index contributed by atoms with van der Waals surface area (Å²) < 4.78 is 30.0. The first-order valence-electron chi connectivity index (χ1n) is 14.0. The third-order valence-corrected chi connectivity index (χ3v) is 9.57. The van der Waals surface area contributed by atoms with Gasteiger partial charge in [-0.1, -0.05) is 18.7 Å². The number of H-pyrrole nitrogens is 1.